The van der Waals surface area contributed by atoms with Gasteiger partial charge in [-0.05, 0) is 36.4 Å². The molecule has 26 heavy (non-hydrogen) atoms. The van der Waals surface area contributed by atoms with E-state index in [9.17, 15) is 14.4 Å². The first-order valence-electron chi connectivity index (χ1n) is 7.80. The van der Waals surface area contributed by atoms with Crippen molar-refractivity contribution in [1.82, 2.24) is 10.4 Å². The number of hydrazine groups is 1. The predicted octanol–water partition coefficient (Wildman–Crippen LogP) is 1.92. The normalized spacial score (nSPS) is 16.4. The number of carbonyl (C=O) groups excluding carboxylic acids is 3. The first-order chi connectivity index (χ1) is 12.5. The van der Waals surface area contributed by atoms with Gasteiger partial charge in [-0.3, -0.25) is 19.8 Å². The van der Waals surface area contributed by atoms with Crippen LogP contribution in [0.2, 0.25) is 0 Å². The van der Waals surface area contributed by atoms with E-state index in [0.717, 1.165) is 0 Å². The molecule has 1 aromatic heterocycles. The van der Waals surface area contributed by atoms with E-state index >= 15 is 0 Å². The summed E-state index contributed by atoms with van der Waals surface area (Å²) in [6.45, 7) is 1.17. The average molecular weight is 375 g/mol. The minimum Gasteiger partial charge on any atom is -0.484 e. The number of hydrogen-bond donors (Lipinski definition) is 2. The standard InChI is InChI=1S/C17H17N3O5S/c1-11(21)18-12-4-6-13(7-5-12)25-9-15(22)19-20-16(23)10-26-17(20)14-3-2-8-24-14/h2-8,17H,9-10H2,1H3,(H,18,21)(H,19,22). The molecule has 1 aromatic carbocycles. The fourth-order valence-electron chi connectivity index (χ4n) is 2.34. The molecule has 1 saturated heterocycles. The summed E-state index contributed by atoms with van der Waals surface area (Å²) in [6, 6.07) is 10.1. The number of thioether (sulfide) groups is 1. The molecule has 1 unspecified atom stereocenters. The van der Waals surface area contributed by atoms with Crippen LogP contribution in [0.3, 0.4) is 0 Å². The number of anilines is 1. The smallest absolute Gasteiger partial charge is 0.276 e. The first-order valence-corrected chi connectivity index (χ1v) is 8.85. The molecule has 136 valence electrons. The van der Waals surface area contributed by atoms with Gasteiger partial charge in [0, 0.05) is 12.6 Å². The summed E-state index contributed by atoms with van der Waals surface area (Å²) >= 11 is 1.37. The second kappa shape index (κ2) is 7.96. The summed E-state index contributed by atoms with van der Waals surface area (Å²) in [5, 5.41) is 3.51. The molecule has 2 aromatic rings. The van der Waals surface area contributed by atoms with Gasteiger partial charge >= 0.3 is 0 Å². The molecule has 9 heteroatoms. The van der Waals surface area contributed by atoms with E-state index in [1.54, 1.807) is 36.4 Å². The zero-order valence-electron chi connectivity index (χ0n) is 13.9. The van der Waals surface area contributed by atoms with E-state index in [1.165, 1.54) is 30.0 Å². The van der Waals surface area contributed by atoms with Crippen LogP contribution in [0.5, 0.6) is 5.75 Å². The topological polar surface area (TPSA) is 101 Å². The predicted molar refractivity (Wildman–Crippen MR) is 95.1 cm³/mol. The number of amides is 3. The molecule has 2 N–H and O–H groups in total. The number of rotatable bonds is 6. The minimum absolute atomic E-state index is 0.169. The van der Waals surface area contributed by atoms with Gasteiger partial charge in [0.2, 0.25) is 5.91 Å². The Balaban J connectivity index is 1.53. The van der Waals surface area contributed by atoms with Crippen LogP contribution in [0.4, 0.5) is 5.69 Å². The van der Waals surface area contributed by atoms with Crippen LogP contribution >= 0.6 is 11.8 Å². The molecule has 1 aliphatic rings. The fraction of sp³-hybridized carbons (Fsp3) is 0.235. The zero-order valence-corrected chi connectivity index (χ0v) is 14.7. The van der Waals surface area contributed by atoms with Crippen LogP contribution in [-0.2, 0) is 14.4 Å². The Kier molecular flexibility index (Phi) is 5.47. The number of carbonyl (C=O) groups is 3. The molecule has 0 spiro atoms. The number of furan rings is 1. The number of nitrogens with zero attached hydrogens (tertiary/aromatic N) is 1. The Morgan fingerprint density at radius 3 is 2.73 bits per heavy atom. The summed E-state index contributed by atoms with van der Waals surface area (Å²) in [5.74, 6) is 0.497. The van der Waals surface area contributed by atoms with Crippen LogP contribution in [0.25, 0.3) is 0 Å². The Hall–Kier alpha value is -2.94. The second-order valence-corrected chi connectivity index (χ2v) is 6.54. The van der Waals surface area contributed by atoms with Gasteiger partial charge in [0.25, 0.3) is 11.8 Å². The van der Waals surface area contributed by atoms with Gasteiger partial charge in [-0.15, -0.1) is 11.8 Å². The maximum Gasteiger partial charge on any atom is 0.276 e. The van der Waals surface area contributed by atoms with E-state index < -0.39 is 11.3 Å². The van der Waals surface area contributed by atoms with Crippen molar-refractivity contribution in [3.63, 3.8) is 0 Å². The van der Waals surface area contributed by atoms with Gasteiger partial charge in [0.05, 0.1) is 12.0 Å². The van der Waals surface area contributed by atoms with Crippen LogP contribution in [0.1, 0.15) is 18.1 Å². The van der Waals surface area contributed by atoms with E-state index in [1.807, 2.05) is 0 Å². The van der Waals surface area contributed by atoms with Crippen molar-refractivity contribution < 1.29 is 23.5 Å². The average Bonchev–Trinajstić information content (AvgIpc) is 3.24. The van der Waals surface area contributed by atoms with Crippen molar-refractivity contribution in [3.8, 4) is 5.75 Å². The molecule has 1 atom stereocenters. The quantitative estimate of drug-likeness (QED) is 0.800. The lowest BCUT2D eigenvalue weighted by Crippen LogP contribution is -2.46. The first kappa shape index (κ1) is 17.9. The number of hydrogen-bond acceptors (Lipinski definition) is 6. The molecule has 0 saturated carbocycles. The Bertz CT molecular complexity index is 791. The monoisotopic (exact) mass is 375 g/mol. The van der Waals surface area contributed by atoms with Crippen molar-refractivity contribution in [2.45, 2.75) is 12.3 Å². The highest BCUT2D eigenvalue weighted by molar-refractivity contribution is 8.00. The highest BCUT2D eigenvalue weighted by atomic mass is 32.2. The maximum absolute atomic E-state index is 12.1. The van der Waals surface area contributed by atoms with Crippen molar-refractivity contribution in [2.75, 3.05) is 17.7 Å². The molecule has 1 aliphatic heterocycles. The third-order valence-electron chi connectivity index (χ3n) is 3.44. The SMILES string of the molecule is CC(=O)Nc1ccc(OCC(=O)NN2C(=O)CSC2c2ccco2)cc1. The Morgan fingerprint density at radius 1 is 1.31 bits per heavy atom. The van der Waals surface area contributed by atoms with Crippen LogP contribution in [-0.4, -0.2) is 35.1 Å². The van der Waals surface area contributed by atoms with Gasteiger partial charge in [-0.2, -0.15) is 0 Å². The van der Waals surface area contributed by atoms with Crippen LogP contribution < -0.4 is 15.5 Å². The van der Waals surface area contributed by atoms with Crippen LogP contribution in [0.15, 0.2) is 47.1 Å². The Morgan fingerprint density at radius 2 is 2.08 bits per heavy atom. The van der Waals surface area contributed by atoms with Gasteiger partial charge in [0.1, 0.15) is 11.5 Å². The van der Waals surface area contributed by atoms with E-state index in [-0.39, 0.29) is 24.2 Å². The van der Waals surface area contributed by atoms with Crippen molar-refractivity contribution in [2.24, 2.45) is 0 Å². The summed E-state index contributed by atoms with van der Waals surface area (Å²) in [7, 11) is 0. The highest BCUT2D eigenvalue weighted by Gasteiger charge is 2.36. The fourth-order valence-corrected chi connectivity index (χ4v) is 3.40. The van der Waals surface area contributed by atoms with Crippen LogP contribution in [0, 0.1) is 0 Å². The maximum atomic E-state index is 12.1. The molecule has 1 fully saturated rings. The molecule has 8 nitrogen and oxygen atoms in total. The Labute approximate surface area is 153 Å². The lowest BCUT2D eigenvalue weighted by molar-refractivity contribution is -0.140. The van der Waals surface area contributed by atoms with E-state index in [4.69, 9.17) is 9.15 Å². The molecule has 2 heterocycles. The molecule has 0 bridgehead atoms. The number of ether oxygens (including phenoxy) is 1. The number of benzene rings is 1. The van der Waals surface area contributed by atoms with Gasteiger partial charge in [-0.1, -0.05) is 0 Å². The zero-order chi connectivity index (χ0) is 18.5. The highest BCUT2D eigenvalue weighted by Crippen LogP contribution is 2.37. The summed E-state index contributed by atoms with van der Waals surface area (Å²) < 4.78 is 10.7. The molecular formula is C17H17N3O5S. The van der Waals surface area contributed by atoms with Gasteiger partial charge in [0.15, 0.2) is 12.0 Å². The molecule has 0 aliphatic carbocycles. The summed E-state index contributed by atoms with van der Waals surface area (Å²) in [4.78, 5) is 35.1. The van der Waals surface area contributed by atoms with Crippen molar-refractivity contribution in [3.05, 3.63) is 48.4 Å². The minimum atomic E-state index is -0.455. The van der Waals surface area contributed by atoms with Gasteiger partial charge < -0.3 is 14.5 Å². The van der Waals surface area contributed by atoms with Gasteiger partial charge in [-0.25, -0.2) is 5.01 Å². The third-order valence-corrected chi connectivity index (χ3v) is 4.62. The molecule has 3 amide bonds. The lowest BCUT2D eigenvalue weighted by atomic mass is 10.3. The van der Waals surface area contributed by atoms with Crippen molar-refractivity contribution >= 4 is 35.2 Å². The largest absolute Gasteiger partial charge is 0.484 e. The van der Waals surface area contributed by atoms with E-state index in [2.05, 4.69) is 10.7 Å². The van der Waals surface area contributed by atoms with E-state index in [0.29, 0.717) is 17.2 Å². The summed E-state index contributed by atoms with van der Waals surface area (Å²) in [6.07, 6.45) is 1.52. The lowest BCUT2D eigenvalue weighted by Gasteiger charge is -2.22. The third kappa shape index (κ3) is 4.37. The summed E-state index contributed by atoms with van der Waals surface area (Å²) in [5.41, 5.74) is 3.19. The molecule has 3 rings (SSSR count). The second-order valence-electron chi connectivity index (χ2n) is 5.47. The molecule has 0 radical (unpaired) electrons. The number of nitrogens with one attached hydrogen (secondary N) is 2. The molecular weight excluding hydrogens is 358 g/mol. The van der Waals surface area contributed by atoms with Crippen molar-refractivity contribution in [1.29, 1.82) is 0 Å².